The van der Waals surface area contributed by atoms with Gasteiger partial charge >= 0.3 is 0 Å². The normalized spacial score (nSPS) is 20.8. The summed E-state index contributed by atoms with van der Waals surface area (Å²) < 4.78 is 5.30. The highest BCUT2D eigenvalue weighted by Crippen LogP contribution is 2.23. The molecule has 1 saturated carbocycles. The summed E-state index contributed by atoms with van der Waals surface area (Å²) in [6.45, 7) is 5.68. The molecule has 2 aromatic heterocycles. The molecule has 2 aromatic rings. The van der Waals surface area contributed by atoms with E-state index in [0.29, 0.717) is 24.2 Å². The molecule has 138 valence electrons. The highest BCUT2D eigenvalue weighted by atomic mass is 127. The number of hydrogen-bond acceptors (Lipinski definition) is 4. The first-order valence-electron chi connectivity index (χ1n) is 8.74. The summed E-state index contributed by atoms with van der Waals surface area (Å²) in [7, 11) is 0. The summed E-state index contributed by atoms with van der Waals surface area (Å²) in [6.07, 6.45) is 6.64. The van der Waals surface area contributed by atoms with Crippen LogP contribution in [0.3, 0.4) is 0 Å². The summed E-state index contributed by atoms with van der Waals surface area (Å²) >= 11 is 0. The third-order valence-electron chi connectivity index (χ3n) is 4.28. The summed E-state index contributed by atoms with van der Waals surface area (Å²) in [5.74, 6) is 3.55. The van der Waals surface area contributed by atoms with E-state index in [1.165, 1.54) is 25.7 Å². The smallest absolute Gasteiger partial charge is 0.216 e. The van der Waals surface area contributed by atoms with E-state index in [-0.39, 0.29) is 24.0 Å². The molecule has 1 aliphatic carbocycles. The molecule has 2 atom stereocenters. The number of halogens is 1. The lowest BCUT2D eigenvalue weighted by atomic mass is 9.87. The molecule has 1 fully saturated rings. The fraction of sp³-hybridized carbons (Fsp3) is 0.588. The van der Waals surface area contributed by atoms with Crippen molar-refractivity contribution in [1.82, 2.24) is 25.8 Å². The molecule has 25 heavy (non-hydrogen) atoms. The highest BCUT2D eigenvalue weighted by Gasteiger charge is 2.19. The first-order chi connectivity index (χ1) is 11.7. The van der Waals surface area contributed by atoms with Crippen LogP contribution >= 0.6 is 24.0 Å². The highest BCUT2D eigenvalue weighted by molar-refractivity contribution is 14.0. The standard InChI is InChI=1S/C17H26N6O.HI/c1-3-18-17(20-13-7-4-6-12(2)10-13)19-11-15-21-16(23-22-15)14-8-5-9-24-14;/h5,8-9,12-13H,3-4,6-7,10-11H2,1-2H3,(H2,18,19,20)(H,21,22,23);1H. The Morgan fingerprint density at radius 2 is 2.32 bits per heavy atom. The van der Waals surface area contributed by atoms with E-state index in [0.717, 1.165) is 24.2 Å². The van der Waals surface area contributed by atoms with Crippen molar-refractivity contribution in [2.75, 3.05) is 6.54 Å². The molecule has 0 aliphatic heterocycles. The molecule has 0 saturated heterocycles. The van der Waals surface area contributed by atoms with Crippen LogP contribution in [0.2, 0.25) is 0 Å². The molecule has 2 unspecified atom stereocenters. The van der Waals surface area contributed by atoms with Crippen molar-refractivity contribution >= 4 is 29.9 Å². The fourth-order valence-corrected chi connectivity index (χ4v) is 3.11. The Balaban J connectivity index is 0.00000225. The van der Waals surface area contributed by atoms with E-state index in [9.17, 15) is 0 Å². The summed E-state index contributed by atoms with van der Waals surface area (Å²) in [5, 5.41) is 13.9. The Labute approximate surface area is 165 Å². The van der Waals surface area contributed by atoms with Crippen molar-refractivity contribution in [2.45, 2.75) is 52.1 Å². The number of nitrogens with zero attached hydrogens (tertiary/aromatic N) is 3. The number of aliphatic imine (C=N–C) groups is 1. The second-order valence-electron chi connectivity index (χ2n) is 6.39. The quantitative estimate of drug-likeness (QED) is 0.363. The average Bonchev–Trinajstić information content (AvgIpc) is 3.24. The summed E-state index contributed by atoms with van der Waals surface area (Å²) in [4.78, 5) is 9.05. The van der Waals surface area contributed by atoms with E-state index in [2.05, 4.69) is 44.7 Å². The molecule has 8 heteroatoms. The zero-order valence-corrected chi connectivity index (χ0v) is 17.1. The maximum atomic E-state index is 5.30. The molecular formula is C17H27IN6O. The minimum absolute atomic E-state index is 0. The SMILES string of the molecule is CCNC(=NCc1nc(-c2ccco2)n[nH]1)NC1CCCC(C)C1.I. The molecule has 2 heterocycles. The Bertz CT molecular complexity index is 654. The van der Waals surface area contributed by atoms with Crippen LogP contribution in [0.5, 0.6) is 0 Å². The van der Waals surface area contributed by atoms with E-state index in [1.54, 1.807) is 6.26 Å². The Morgan fingerprint density at radius 3 is 3.04 bits per heavy atom. The number of aromatic nitrogens is 3. The van der Waals surface area contributed by atoms with Crippen molar-refractivity contribution < 1.29 is 4.42 Å². The zero-order chi connectivity index (χ0) is 16.8. The van der Waals surface area contributed by atoms with Gasteiger partial charge < -0.3 is 15.1 Å². The van der Waals surface area contributed by atoms with E-state index in [1.807, 2.05) is 12.1 Å². The van der Waals surface area contributed by atoms with Crippen LogP contribution in [0.25, 0.3) is 11.6 Å². The van der Waals surface area contributed by atoms with Crippen LogP contribution in [0.4, 0.5) is 0 Å². The third-order valence-corrected chi connectivity index (χ3v) is 4.28. The molecule has 0 spiro atoms. The molecule has 0 amide bonds. The van der Waals surface area contributed by atoms with Crippen molar-refractivity contribution in [2.24, 2.45) is 10.9 Å². The van der Waals surface area contributed by atoms with Crippen LogP contribution in [-0.4, -0.2) is 33.7 Å². The van der Waals surface area contributed by atoms with Crippen LogP contribution < -0.4 is 10.6 Å². The number of nitrogens with one attached hydrogen (secondary N) is 3. The van der Waals surface area contributed by atoms with Crippen molar-refractivity contribution in [3.05, 3.63) is 24.2 Å². The van der Waals surface area contributed by atoms with Crippen molar-refractivity contribution in [3.8, 4) is 11.6 Å². The average molecular weight is 458 g/mol. The number of rotatable bonds is 5. The molecule has 3 rings (SSSR count). The van der Waals surface area contributed by atoms with Gasteiger partial charge in [0.2, 0.25) is 5.82 Å². The maximum Gasteiger partial charge on any atom is 0.216 e. The monoisotopic (exact) mass is 458 g/mol. The molecule has 0 aromatic carbocycles. The van der Waals surface area contributed by atoms with Gasteiger partial charge in [0, 0.05) is 12.6 Å². The van der Waals surface area contributed by atoms with Gasteiger partial charge in [0.05, 0.1) is 6.26 Å². The van der Waals surface area contributed by atoms with Crippen molar-refractivity contribution in [1.29, 1.82) is 0 Å². The van der Waals surface area contributed by atoms with Crippen LogP contribution in [0, 0.1) is 5.92 Å². The molecule has 0 radical (unpaired) electrons. The zero-order valence-electron chi connectivity index (χ0n) is 14.8. The lowest BCUT2D eigenvalue weighted by Crippen LogP contribution is -2.45. The second-order valence-corrected chi connectivity index (χ2v) is 6.39. The van der Waals surface area contributed by atoms with Crippen molar-refractivity contribution in [3.63, 3.8) is 0 Å². The fourth-order valence-electron chi connectivity index (χ4n) is 3.11. The van der Waals surface area contributed by atoms with Gasteiger partial charge in [-0.05, 0) is 37.8 Å². The van der Waals surface area contributed by atoms with E-state index >= 15 is 0 Å². The van der Waals surface area contributed by atoms with Gasteiger partial charge in [-0.3, -0.25) is 5.10 Å². The number of guanidine groups is 1. The predicted octanol–water partition coefficient (Wildman–Crippen LogP) is 3.32. The summed E-state index contributed by atoms with van der Waals surface area (Å²) in [6, 6.07) is 4.16. The van der Waals surface area contributed by atoms with Gasteiger partial charge in [-0.15, -0.1) is 29.1 Å². The largest absolute Gasteiger partial charge is 0.461 e. The van der Waals surface area contributed by atoms with E-state index < -0.39 is 0 Å². The molecule has 0 bridgehead atoms. The van der Waals surface area contributed by atoms with Crippen LogP contribution in [0.1, 0.15) is 45.4 Å². The second kappa shape index (κ2) is 9.79. The lowest BCUT2D eigenvalue weighted by molar-refractivity contribution is 0.324. The topological polar surface area (TPSA) is 91.1 Å². The van der Waals surface area contributed by atoms with Gasteiger partial charge in [-0.25, -0.2) is 9.98 Å². The number of aromatic amines is 1. The van der Waals surface area contributed by atoms with E-state index in [4.69, 9.17) is 4.42 Å². The minimum Gasteiger partial charge on any atom is -0.461 e. The first kappa shape index (κ1) is 19.7. The number of H-pyrrole nitrogens is 1. The van der Waals surface area contributed by atoms with Crippen LogP contribution in [-0.2, 0) is 6.54 Å². The Morgan fingerprint density at radius 1 is 1.44 bits per heavy atom. The minimum atomic E-state index is 0. The Kier molecular flexibility index (Phi) is 7.73. The maximum absolute atomic E-state index is 5.30. The lowest BCUT2D eigenvalue weighted by Gasteiger charge is -2.28. The number of furan rings is 1. The first-order valence-corrected chi connectivity index (χ1v) is 8.74. The van der Waals surface area contributed by atoms with Gasteiger partial charge in [-0.2, -0.15) is 0 Å². The molecule has 1 aliphatic rings. The van der Waals surface area contributed by atoms with Gasteiger partial charge in [-0.1, -0.05) is 19.8 Å². The van der Waals surface area contributed by atoms with Gasteiger partial charge in [0.25, 0.3) is 0 Å². The van der Waals surface area contributed by atoms with Crippen LogP contribution in [0.15, 0.2) is 27.8 Å². The molecular weight excluding hydrogens is 431 g/mol. The number of hydrogen-bond donors (Lipinski definition) is 3. The van der Waals surface area contributed by atoms with Gasteiger partial charge in [0.1, 0.15) is 12.4 Å². The summed E-state index contributed by atoms with van der Waals surface area (Å²) in [5.41, 5.74) is 0. The Hall–Kier alpha value is -1.58. The molecule has 3 N–H and O–H groups in total. The third kappa shape index (κ3) is 5.72. The predicted molar refractivity (Wildman–Crippen MR) is 109 cm³/mol. The molecule has 7 nitrogen and oxygen atoms in total. The van der Waals surface area contributed by atoms with Gasteiger partial charge in [0.15, 0.2) is 11.7 Å².